The maximum atomic E-state index is 9.71. The Morgan fingerprint density at radius 2 is 2.17 bits per heavy atom. The van der Waals surface area contributed by atoms with Crippen molar-refractivity contribution < 1.29 is 4.79 Å². The van der Waals surface area contributed by atoms with E-state index in [4.69, 9.17) is 0 Å². The Morgan fingerprint density at radius 1 is 1.50 bits per heavy atom. The molecule has 0 N–H and O–H groups in total. The lowest BCUT2D eigenvalue weighted by atomic mass is 10.4. The molecule has 5 heteroatoms. The van der Waals surface area contributed by atoms with Gasteiger partial charge in [-0.05, 0) is 15.9 Å². The summed E-state index contributed by atoms with van der Waals surface area (Å²) in [6, 6.07) is 0. The zero-order valence-corrected chi connectivity index (χ0v) is 7.78. The molecule has 1 aromatic rings. The minimum Gasteiger partial charge on any atom is -0.240 e. The molecule has 4 nitrogen and oxygen atoms in total. The van der Waals surface area contributed by atoms with E-state index in [2.05, 4.69) is 30.9 Å². The van der Waals surface area contributed by atoms with Crippen molar-refractivity contribution in [1.29, 1.82) is 0 Å². The highest BCUT2D eigenvalue weighted by molar-refractivity contribution is 9.10. The van der Waals surface area contributed by atoms with Crippen LogP contribution in [0, 0.1) is 0 Å². The summed E-state index contributed by atoms with van der Waals surface area (Å²) >= 11 is 3.22. The molecule has 1 heterocycles. The first kappa shape index (κ1) is 9.03. The molecule has 0 radical (unpaired) electrons. The van der Waals surface area contributed by atoms with Crippen LogP contribution in [0.2, 0.25) is 0 Å². The second-order valence-corrected chi connectivity index (χ2v) is 2.96. The molecule has 0 aromatic carbocycles. The monoisotopic (exact) mass is 227 g/mol. The second kappa shape index (κ2) is 4.74. The SMILES string of the molecule is O=C=NCCc1ncc(Br)cn1. The predicted octanol–water partition coefficient (Wildman–Crippen LogP) is 1.12. The molecular weight excluding hydrogens is 222 g/mol. The molecule has 0 fully saturated rings. The largest absolute Gasteiger partial charge is 0.240 e. The second-order valence-electron chi connectivity index (χ2n) is 2.04. The van der Waals surface area contributed by atoms with E-state index < -0.39 is 0 Å². The van der Waals surface area contributed by atoms with Gasteiger partial charge in [-0.3, -0.25) is 0 Å². The van der Waals surface area contributed by atoms with Crippen LogP contribution in [-0.2, 0) is 11.2 Å². The lowest BCUT2D eigenvalue weighted by Gasteiger charge is -1.94. The van der Waals surface area contributed by atoms with Gasteiger partial charge in [-0.2, -0.15) is 0 Å². The van der Waals surface area contributed by atoms with Crippen molar-refractivity contribution in [2.24, 2.45) is 4.99 Å². The first-order valence-electron chi connectivity index (χ1n) is 3.33. The highest BCUT2D eigenvalue weighted by Gasteiger charge is 1.94. The molecule has 1 rings (SSSR count). The molecule has 1 aromatic heterocycles. The molecule has 12 heavy (non-hydrogen) atoms. The van der Waals surface area contributed by atoms with Gasteiger partial charge in [0.1, 0.15) is 5.82 Å². The van der Waals surface area contributed by atoms with E-state index in [1.54, 1.807) is 12.4 Å². The third-order valence-electron chi connectivity index (χ3n) is 1.19. The Balaban J connectivity index is 2.53. The Labute approximate surface area is 77.9 Å². The summed E-state index contributed by atoms with van der Waals surface area (Å²) in [5, 5.41) is 0. The Kier molecular flexibility index (Phi) is 3.57. The van der Waals surface area contributed by atoms with E-state index >= 15 is 0 Å². The van der Waals surface area contributed by atoms with Crippen molar-refractivity contribution in [3.63, 3.8) is 0 Å². The van der Waals surface area contributed by atoms with E-state index in [-0.39, 0.29) is 0 Å². The van der Waals surface area contributed by atoms with Crippen LogP contribution in [0.4, 0.5) is 0 Å². The van der Waals surface area contributed by atoms with Crippen LogP contribution in [0.25, 0.3) is 0 Å². The average Bonchev–Trinajstić information content (AvgIpc) is 2.09. The summed E-state index contributed by atoms with van der Waals surface area (Å²) in [7, 11) is 0. The van der Waals surface area contributed by atoms with Crippen molar-refractivity contribution in [2.45, 2.75) is 6.42 Å². The van der Waals surface area contributed by atoms with Crippen LogP contribution in [0.5, 0.6) is 0 Å². The maximum Gasteiger partial charge on any atom is 0.234 e. The zero-order chi connectivity index (χ0) is 8.81. The molecule has 0 amide bonds. The fourth-order valence-corrected chi connectivity index (χ4v) is 0.874. The number of halogens is 1. The Bertz CT molecular complexity index is 292. The molecule has 0 saturated carbocycles. The third-order valence-corrected chi connectivity index (χ3v) is 1.60. The average molecular weight is 228 g/mol. The number of aliphatic imine (C=N–C) groups is 1. The summed E-state index contributed by atoms with van der Waals surface area (Å²) in [6.45, 7) is 0.394. The van der Waals surface area contributed by atoms with Crippen LogP contribution in [0.15, 0.2) is 21.9 Å². The fraction of sp³-hybridized carbons (Fsp3) is 0.286. The number of rotatable bonds is 3. The van der Waals surface area contributed by atoms with Crippen LogP contribution in [0.1, 0.15) is 5.82 Å². The minimum absolute atomic E-state index is 0.394. The smallest absolute Gasteiger partial charge is 0.234 e. The molecule has 0 saturated heterocycles. The van der Waals surface area contributed by atoms with Crippen molar-refractivity contribution in [3.05, 3.63) is 22.7 Å². The van der Waals surface area contributed by atoms with Crippen LogP contribution in [0.3, 0.4) is 0 Å². The molecule has 0 aliphatic rings. The summed E-state index contributed by atoms with van der Waals surface area (Å²) in [5.41, 5.74) is 0. The maximum absolute atomic E-state index is 9.71. The van der Waals surface area contributed by atoms with Crippen molar-refractivity contribution in [3.8, 4) is 0 Å². The molecule has 0 aliphatic carbocycles. The quantitative estimate of drug-likeness (QED) is 0.575. The van der Waals surface area contributed by atoms with E-state index in [9.17, 15) is 4.79 Å². The zero-order valence-electron chi connectivity index (χ0n) is 6.20. The van der Waals surface area contributed by atoms with Gasteiger partial charge in [0.25, 0.3) is 0 Å². The predicted molar refractivity (Wildman–Crippen MR) is 46.4 cm³/mol. The first-order chi connectivity index (χ1) is 5.83. The van der Waals surface area contributed by atoms with Gasteiger partial charge in [0, 0.05) is 18.8 Å². The summed E-state index contributed by atoms with van der Waals surface area (Å²) in [5.74, 6) is 0.678. The van der Waals surface area contributed by atoms with Crippen LogP contribution in [-0.4, -0.2) is 22.6 Å². The van der Waals surface area contributed by atoms with E-state index in [0.717, 1.165) is 4.47 Å². The van der Waals surface area contributed by atoms with E-state index in [1.165, 1.54) is 6.08 Å². The van der Waals surface area contributed by atoms with Gasteiger partial charge in [-0.1, -0.05) is 0 Å². The fourth-order valence-electron chi connectivity index (χ4n) is 0.670. The standard InChI is InChI=1S/C7H6BrN3O/c8-6-3-10-7(11-4-6)1-2-9-5-12/h3-4H,1-2H2. The van der Waals surface area contributed by atoms with Gasteiger partial charge in [-0.25, -0.2) is 19.8 Å². The number of carbonyl (C=O) groups excluding carboxylic acids is 1. The molecule has 0 atom stereocenters. The molecule has 0 bridgehead atoms. The van der Waals surface area contributed by atoms with Crippen molar-refractivity contribution in [2.75, 3.05) is 6.54 Å². The minimum atomic E-state index is 0.394. The Morgan fingerprint density at radius 3 is 2.75 bits per heavy atom. The Hall–Kier alpha value is -1.06. The topological polar surface area (TPSA) is 55.2 Å². The molecule has 0 aliphatic heterocycles. The summed E-state index contributed by atoms with van der Waals surface area (Å²) in [4.78, 5) is 21.1. The third kappa shape index (κ3) is 2.90. The van der Waals surface area contributed by atoms with Crippen LogP contribution < -0.4 is 0 Å². The first-order valence-corrected chi connectivity index (χ1v) is 4.12. The van der Waals surface area contributed by atoms with E-state index in [0.29, 0.717) is 18.8 Å². The van der Waals surface area contributed by atoms with Gasteiger partial charge in [-0.15, -0.1) is 0 Å². The van der Waals surface area contributed by atoms with E-state index in [1.807, 2.05) is 0 Å². The number of hydrogen-bond donors (Lipinski definition) is 0. The van der Waals surface area contributed by atoms with Crippen LogP contribution >= 0.6 is 15.9 Å². The highest BCUT2D eigenvalue weighted by Crippen LogP contribution is 2.04. The highest BCUT2D eigenvalue weighted by atomic mass is 79.9. The number of isocyanates is 1. The number of aromatic nitrogens is 2. The molecule has 0 spiro atoms. The number of hydrogen-bond acceptors (Lipinski definition) is 4. The molecular formula is C7H6BrN3O. The van der Waals surface area contributed by atoms with Gasteiger partial charge in [0.2, 0.25) is 6.08 Å². The van der Waals surface area contributed by atoms with Gasteiger partial charge in [0.15, 0.2) is 0 Å². The summed E-state index contributed by atoms with van der Waals surface area (Å²) in [6.07, 6.45) is 5.35. The molecule has 62 valence electrons. The lowest BCUT2D eigenvalue weighted by Crippen LogP contribution is -1.96. The van der Waals surface area contributed by atoms with Crippen molar-refractivity contribution >= 4 is 22.0 Å². The number of nitrogens with zero attached hydrogens (tertiary/aromatic N) is 3. The van der Waals surface area contributed by atoms with Gasteiger partial charge in [0.05, 0.1) is 11.0 Å². The summed E-state index contributed by atoms with van der Waals surface area (Å²) < 4.78 is 0.838. The van der Waals surface area contributed by atoms with Crippen molar-refractivity contribution in [1.82, 2.24) is 9.97 Å². The van der Waals surface area contributed by atoms with Gasteiger partial charge >= 0.3 is 0 Å². The molecule has 0 unspecified atom stereocenters. The lowest BCUT2D eigenvalue weighted by molar-refractivity contribution is 0.562. The normalized spacial score (nSPS) is 9.08. The van der Waals surface area contributed by atoms with Gasteiger partial charge < -0.3 is 0 Å².